The van der Waals surface area contributed by atoms with Crippen LogP contribution in [-0.2, 0) is 18.4 Å². The molecule has 1 fully saturated rings. The molecule has 1 aliphatic heterocycles. The van der Waals surface area contributed by atoms with Gasteiger partial charge in [0.15, 0.2) is 0 Å². The summed E-state index contributed by atoms with van der Waals surface area (Å²) in [5.74, 6) is 0.102. The van der Waals surface area contributed by atoms with Crippen LogP contribution in [-0.4, -0.2) is 29.0 Å². The Hall–Kier alpha value is -1.65. The number of nitrogens with zero attached hydrogens (tertiary/aromatic N) is 1. The number of benzene rings is 1. The molecule has 0 saturated carbocycles. The van der Waals surface area contributed by atoms with Crippen molar-refractivity contribution >= 4 is 17.2 Å². The summed E-state index contributed by atoms with van der Waals surface area (Å²) in [5, 5.41) is 13.1. The Morgan fingerprint density at radius 3 is 2.78 bits per heavy atom. The van der Waals surface area contributed by atoms with Crippen molar-refractivity contribution in [2.24, 2.45) is 0 Å². The average Bonchev–Trinajstić information content (AvgIpc) is 3.20. The molecule has 1 aliphatic carbocycles. The zero-order valence-electron chi connectivity index (χ0n) is 13.1. The lowest BCUT2D eigenvalue weighted by Gasteiger charge is -2.24. The summed E-state index contributed by atoms with van der Waals surface area (Å²) in [7, 11) is 0. The normalized spacial score (nSPS) is 23.8. The first kappa shape index (κ1) is 14.9. The second-order valence-corrected chi connectivity index (χ2v) is 7.53. The molecule has 0 radical (unpaired) electrons. The van der Waals surface area contributed by atoms with Crippen LogP contribution < -0.4 is 0 Å². The first-order chi connectivity index (χ1) is 11.2. The predicted molar refractivity (Wildman–Crippen MR) is 91.8 cm³/mol. The lowest BCUT2D eigenvalue weighted by molar-refractivity contribution is 0.0418. The molecule has 0 unspecified atom stereocenters. The van der Waals surface area contributed by atoms with Gasteiger partial charge < -0.3 is 10.0 Å². The van der Waals surface area contributed by atoms with Gasteiger partial charge in [-0.15, -0.1) is 11.3 Å². The van der Waals surface area contributed by atoms with Gasteiger partial charge in [0.25, 0.3) is 5.91 Å². The molecule has 1 atom stereocenters. The summed E-state index contributed by atoms with van der Waals surface area (Å²) < 4.78 is 0. The van der Waals surface area contributed by atoms with Crippen molar-refractivity contribution in [2.45, 2.75) is 37.7 Å². The third-order valence-corrected chi connectivity index (χ3v) is 6.20. The van der Waals surface area contributed by atoms with Gasteiger partial charge in [0.1, 0.15) is 5.60 Å². The molecule has 1 aromatic heterocycles. The van der Waals surface area contributed by atoms with Crippen molar-refractivity contribution in [3.8, 4) is 0 Å². The van der Waals surface area contributed by atoms with Crippen LogP contribution in [0.3, 0.4) is 0 Å². The van der Waals surface area contributed by atoms with E-state index in [4.69, 9.17) is 0 Å². The molecule has 2 aliphatic rings. The highest BCUT2D eigenvalue weighted by atomic mass is 32.1. The predicted octanol–water partition coefficient (Wildman–Crippen LogP) is 3.36. The third-order valence-electron chi connectivity index (χ3n) is 5.14. The molecule has 1 aromatic carbocycles. The Morgan fingerprint density at radius 2 is 1.96 bits per heavy atom. The smallest absolute Gasteiger partial charge is 0.264 e. The van der Waals surface area contributed by atoms with Gasteiger partial charge >= 0.3 is 0 Å². The van der Waals surface area contributed by atoms with Gasteiger partial charge in [-0.1, -0.05) is 30.3 Å². The van der Waals surface area contributed by atoms with Crippen molar-refractivity contribution in [3.05, 3.63) is 57.3 Å². The minimum absolute atomic E-state index is 0.102. The zero-order chi connectivity index (χ0) is 15.9. The molecule has 1 saturated heterocycles. The van der Waals surface area contributed by atoms with Crippen LogP contribution in [0, 0.1) is 0 Å². The highest BCUT2D eigenvalue weighted by Gasteiger charge is 2.40. The average molecular weight is 327 g/mol. The number of aliphatic hydroxyl groups is 1. The highest BCUT2D eigenvalue weighted by Crippen LogP contribution is 2.35. The Kier molecular flexibility index (Phi) is 3.74. The minimum atomic E-state index is -0.908. The molecule has 0 bridgehead atoms. The topological polar surface area (TPSA) is 40.5 Å². The van der Waals surface area contributed by atoms with Gasteiger partial charge in [-0.05, 0) is 54.2 Å². The molecule has 2 aromatic rings. The lowest BCUT2D eigenvalue weighted by atomic mass is 9.93. The van der Waals surface area contributed by atoms with Crippen molar-refractivity contribution in [3.63, 3.8) is 0 Å². The summed E-state index contributed by atoms with van der Waals surface area (Å²) in [6.45, 7) is 1.01. The fraction of sp³-hybridized carbons (Fsp3) is 0.421. The van der Waals surface area contributed by atoms with Crippen LogP contribution in [0.5, 0.6) is 0 Å². The molecule has 0 spiro atoms. The van der Waals surface area contributed by atoms with Gasteiger partial charge in [0, 0.05) is 6.54 Å². The quantitative estimate of drug-likeness (QED) is 0.919. The summed E-state index contributed by atoms with van der Waals surface area (Å²) in [6.07, 6.45) is 5.15. The first-order valence-electron chi connectivity index (χ1n) is 8.34. The van der Waals surface area contributed by atoms with E-state index in [0.717, 1.165) is 23.3 Å². The van der Waals surface area contributed by atoms with Gasteiger partial charge in [-0.25, -0.2) is 0 Å². The van der Waals surface area contributed by atoms with Gasteiger partial charge in [0.05, 0.1) is 11.4 Å². The maximum absolute atomic E-state index is 12.9. The standard InChI is InChI=1S/C19H21NO2S/c21-18(17-16-9-5-4-6-14(16)12-23-17)20-11-10-19(22,13-20)15-7-2-1-3-8-15/h1-3,7-8,12,22H,4-6,9-11,13H2/t19-/m1/s1. The van der Waals surface area contributed by atoms with E-state index < -0.39 is 5.60 Å². The molecular weight excluding hydrogens is 306 g/mol. The second kappa shape index (κ2) is 5.77. The van der Waals surface area contributed by atoms with Crippen LogP contribution in [0.2, 0.25) is 0 Å². The Morgan fingerprint density at radius 1 is 1.17 bits per heavy atom. The fourth-order valence-corrected chi connectivity index (χ4v) is 4.92. The van der Waals surface area contributed by atoms with E-state index in [0.29, 0.717) is 19.5 Å². The summed E-state index contributed by atoms with van der Waals surface area (Å²) in [4.78, 5) is 15.7. The zero-order valence-corrected chi connectivity index (χ0v) is 13.9. The monoisotopic (exact) mass is 327 g/mol. The number of likely N-dealkylation sites (tertiary alicyclic amines) is 1. The minimum Gasteiger partial charge on any atom is -0.383 e. The van der Waals surface area contributed by atoms with Crippen LogP contribution in [0.25, 0.3) is 0 Å². The van der Waals surface area contributed by atoms with E-state index in [-0.39, 0.29) is 5.91 Å². The number of thiophene rings is 1. The molecule has 1 amide bonds. The van der Waals surface area contributed by atoms with E-state index in [1.54, 1.807) is 11.3 Å². The first-order valence-corrected chi connectivity index (χ1v) is 9.22. The van der Waals surface area contributed by atoms with E-state index in [1.807, 2.05) is 35.2 Å². The van der Waals surface area contributed by atoms with Crippen molar-refractivity contribution < 1.29 is 9.90 Å². The number of aryl methyl sites for hydroxylation is 1. The molecule has 4 rings (SSSR count). The van der Waals surface area contributed by atoms with Crippen molar-refractivity contribution in [1.82, 2.24) is 4.90 Å². The molecule has 3 nitrogen and oxygen atoms in total. The number of hydrogen-bond acceptors (Lipinski definition) is 3. The Balaban J connectivity index is 1.56. The number of carbonyl (C=O) groups excluding carboxylic acids is 1. The molecule has 1 N–H and O–H groups in total. The summed E-state index contributed by atoms with van der Waals surface area (Å²) in [5.41, 5.74) is 2.63. The highest BCUT2D eigenvalue weighted by molar-refractivity contribution is 7.12. The van der Waals surface area contributed by atoms with E-state index in [9.17, 15) is 9.90 Å². The van der Waals surface area contributed by atoms with Gasteiger partial charge in [-0.3, -0.25) is 4.79 Å². The van der Waals surface area contributed by atoms with Crippen LogP contribution in [0.15, 0.2) is 35.7 Å². The SMILES string of the molecule is O=C(c1scc2c1CCCC2)N1CC[C@](O)(c2ccccc2)C1. The molecule has 120 valence electrons. The van der Waals surface area contributed by atoms with Crippen molar-refractivity contribution in [1.29, 1.82) is 0 Å². The molecule has 4 heteroatoms. The second-order valence-electron chi connectivity index (χ2n) is 6.65. The van der Waals surface area contributed by atoms with Gasteiger partial charge in [-0.2, -0.15) is 0 Å². The maximum atomic E-state index is 12.9. The Bertz CT molecular complexity index is 724. The maximum Gasteiger partial charge on any atom is 0.264 e. The van der Waals surface area contributed by atoms with Crippen LogP contribution >= 0.6 is 11.3 Å². The summed E-state index contributed by atoms with van der Waals surface area (Å²) in [6, 6.07) is 9.71. The number of β-amino-alcohol motifs (C(OH)–C–C–N with tert-alkyl or cyclic N) is 1. The van der Waals surface area contributed by atoms with Crippen LogP contribution in [0.4, 0.5) is 0 Å². The number of amides is 1. The number of carbonyl (C=O) groups is 1. The Labute approximate surface area is 140 Å². The largest absolute Gasteiger partial charge is 0.383 e. The number of rotatable bonds is 2. The fourth-order valence-electron chi connectivity index (χ4n) is 3.79. The lowest BCUT2D eigenvalue weighted by Crippen LogP contribution is -2.34. The third kappa shape index (κ3) is 2.60. The molecular formula is C19H21NO2S. The van der Waals surface area contributed by atoms with Gasteiger partial charge in [0.2, 0.25) is 0 Å². The molecule has 23 heavy (non-hydrogen) atoms. The van der Waals surface area contributed by atoms with E-state index in [2.05, 4.69) is 5.38 Å². The summed E-state index contributed by atoms with van der Waals surface area (Å²) >= 11 is 1.58. The number of fused-ring (bicyclic) bond motifs is 1. The van der Waals surface area contributed by atoms with E-state index >= 15 is 0 Å². The molecule has 2 heterocycles. The number of hydrogen-bond donors (Lipinski definition) is 1. The van der Waals surface area contributed by atoms with Crippen molar-refractivity contribution in [2.75, 3.05) is 13.1 Å². The van der Waals surface area contributed by atoms with E-state index in [1.165, 1.54) is 24.0 Å². The van der Waals surface area contributed by atoms with Crippen LogP contribution in [0.1, 0.15) is 45.6 Å².